The van der Waals surface area contributed by atoms with Gasteiger partial charge in [-0.3, -0.25) is 9.78 Å². The highest BCUT2D eigenvalue weighted by Crippen LogP contribution is 2.40. The Morgan fingerprint density at radius 1 is 1.20 bits per heavy atom. The average molecular weight is 333 g/mol. The zero-order valence-electron chi connectivity index (χ0n) is 13.9. The SMILES string of the molecule is O=C(NCc1nncn1C1CC1)c1cc(C2CC2)nc2ccccc12. The van der Waals surface area contributed by atoms with E-state index in [1.165, 1.54) is 12.8 Å². The number of carbonyl (C=O) groups is 1. The van der Waals surface area contributed by atoms with Crippen LogP contribution in [0.15, 0.2) is 36.7 Å². The number of hydrogen-bond donors (Lipinski definition) is 1. The Balaban J connectivity index is 1.43. The summed E-state index contributed by atoms with van der Waals surface area (Å²) in [7, 11) is 0. The lowest BCUT2D eigenvalue weighted by molar-refractivity contribution is 0.0951. The number of hydrogen-bond acceptors (Lipinski definition) is 4. The fourth-order valence-corrected chi connectivity index (χ4v) is 3.28. The van der Waals surface area contributed by atoms with Crippen LogP contribution in [0.2, 0.25) is 0 Å². The number of benzene rings is 1. The Morgan fingerprint density at radius 3 is 2.84 bits per heavy atom. The number of amides is 1. The maximum absolute atomic E-state index is 12.8. The summed E-state index contributed by atoms with van der Waals surface area (Å²) in [6.07, 6.45) is 6.41. The van der Waals surface area contributed by atoms with E-state index in [9.17, 15) is 4.79 Å². The van der Waals surface area contributed by atoms with E-state index in [0.717, 1.165) is 35.3 Å². The van der Waals surface area contributed by atoms with Gasteiger partial charge < -0.3 is 9.88 Å². The molecule has 0 spiro atoms. The molecule has 0 aliphatic heterocycles. The lowest BCUT2D eigenvalue weighted by atomic mass is 10.1. The molecule has 25 heavy (non-hydrogen) atoms. The number of aromatic nitrogens is 4. The van der Waals surface area contributed by atoms with Crippen LogP contribution in [0.3, 0.4) is 0 Å². The Labute approximate surface area is 145 Å². The largest absolute Gasteiger partial charge is 0.345 e. The monoisotopic (exact) mass is 333 g/mol. The molecule has 3 aromatic rings. The van der Waals surface area contributed by atoms with Crippen LogP contribution in [0.25, 0.3) is 10.9 Å². The van der Waals surface area contributed by atoms with Crippen molar-refractivity contribution in [3.63, 3.8) is 0 Å². The molecule has 6 heteroatoms. The molecule has 1 aromatic carbocycles. The Kier molecular flexibility index (Phi) is 3.29. The van der Waals surface area contributed by atoms with Crippen LogP contribution >= 0.6 is 0 Å². The van der Waals surface area contributed by atoms with Gasteiger partial charge in [-0.05, 0) is 37.8 Å². The molecule has 0 radical (unpaired) electrons. The van der Waals surface area contributed by atoms with Gasteiger partial charge in [0.15, 0.2) is 5.82 Å². The van der Waals surface area contributed by atoms with E-state index >= 15 is 0 Å². The first kappa shape index (κ1) is 14.6. The molecular weight excluding hydrogens is 314 g/mol. The van der Waals surface area contributed by atoms with E-state index in [0.29, 0.717) is 24.1 Å². The fourth-order valence-electron chi connectivity index (χ4n) is 3.28. The second-order valence-electron chi connectivity index (χ2n) is 6.95. The lowest BCUT2D eigenvalue weighted by Crippen LogP contribution is -2.25. The van der Waals surface area contributed by atoms with Crippen LogP contribution in [0.5, 0.6) is 0 Å². The van der Waals surface area contributed by atoms with Gasteiger partial charge in [-0.25, -0.2) is 0 Å². The number of fused-ring (bicyclic) bond motifs is 1. The van der Waals surface area contributed by atoms with Gasteiger partial charge in [0, 0.05) is 23.0 Å². The summed E-state index contributed by atoms with van der Waals surface area (Å²) >= 11 is 0. The molecule has 2 saturated carbocycles. The normalized spacial score (nSPS) is 17.0. The molecule has 0 bridgehead atoms. The van der Waals surface area contributed by atoms with Crippen molar-refractivity contribution in [3.05, 3.63) is 53.7 Å². The van der Waals surface area contributed by atoms with Crippen LogP contribution in [-0.2, 0) is 6.54 Å². The summed E-state index contributed by atoms with van der Waals surface area (Å²) in [5.41, 5.74) is 2.62. The molecule has 0 saturated heterocycles. The van der Waals surface area contributed by atoms with Crippen molar-refractivity contribution in [3.8, 4) is 0 Å². The smallest absolute Gasteiger partial charge is 0.252 e. The Hall–Kier alpha value is -2.76. The topological polar surface area (TPSA) is 72.7 Å². The second kappa shape index (κ2) is 5.65. The molecule has 2 fully saturated rings. The van der Waals surface area contributed by atoms with Crippen LogP contribution in [0.1, 0.15) is 59.5 Å². The summed E-state index contributed by atoms with van der Waals surface area (Å²) in [5, 5.41) is 12.0. The Bertz CT molecular complexity index is 955. The summed E-state index contributed by atoms with van der Waals surface area (Å²) in [4.78, 5) is 17.6. The number of rotatable bonds is 5. The van der Waals surface area contributed by atoms with Crippen LogP contribution in [0, 0.1) is 0 Å². The molecule has 126 valence electrons. The first-order valence-electron chi connectivity index (χ1n) is 8.86. The third-order valence-electron chi connectivity index (χ3n) is 4.97. The van der Waals surface area contributed by atoms with Crippen molar-refractivity contribution < 1.29 is 4.79 Å². The van der Waals surface area contributed by atoms with Crippen molar-refractivity contribution in [1.82, 2.24) is 25.1 Å². The summed E-state index contributed by atoms with van der Waals surface area (Å²) in [6.45, 7) is 0.394. The van der Waals surface area contributed by atoms with Crippen LogP contribution in [0.4, 0.5) is 0 Å². The standard InChI is InChI=1S/C19H19N5O/c25-19(20-10-18-23-21-11-24(18)13-7-8-13)15-9-17(12-5-6-12)22-16-4-2-1-3-14(15)16/h1-4,9,11-13H,5-8,10H2,(H,20,25). The minimum Gasteiger partial charge on any atom is -0.345 e. The van der Waals surface area contributed by atoms with Crippen LogP contribution in [-0.4, -0.2) is 25.7 Å². The summed E-state index contributed by atoms with van der Waals surface area (Å²) in [6, 6.07) is 10.3. The number of carbonyl (C=O) groups excluding carboxylic acids is 1. The number of para-hydroxylation sites is 1. The highest BCUT2D eigenvalue weighted by atomic mass is 16.1. The van der Waals surface area contributed by atoms with E-state index in [1.807, 2.05) is 30.3 Å². The molecule has 1 N–H and O–H groups in total. The number of nitrogens with one attached hydrogen (secondary N) is 1. The minimum absolute atomic E-state index is 0.0779. The van der Waals surface area contributed by atoms with Gasteiger partial charge >= 0.3 is 0 Å². The molecule has 2 aliphatic rings. The first-order valence-corrected chi connectivity index (χ1v) is 8.86. The van der Waals surface area contributed by atoms with Crippen molar-refractivity contribution in [2.45, 2.75) is 44.2 Å². The van der Waals surface area contributed by atoms with Crippen molar-refractivity contribution >= 4 is 16.8 Å². The second-order valence-corrected chi connectivity index (χ2v) is 6.95. The van der Waals surface area contributed by atoms with E-state index in [2.05, 4.69) is 20.1 Å². The van der Waals surface area contributed by atoms with Crippen molar-refractivity contribution in [2.75, 3.05) is 0 Å². The molecule has 2 aromatic heterocycles. The van der Waals surface area contributed by atoms with Gasteiger partial charge in [-0.1, -0.05) is 18.2 Å². The molecule has 0 unspecified atom stereocenters. The third kappa shape index (κ3) is 2.77. The average Bonchev–Trinajstić information content (AvgIpc) is 3.57. The molecule has 2 heterocycles. The molecule has 6 nitrogen and oxygen atoms in total. The van der Waals surface area contributed by atoms with Gasteiger partial charge in [0.25, 0.3) is 5.91 Å². The van der Waals surface area contributed by atoms with E-state index < -0.39 is 0 Å². The zero-order chi connectivity index (χ0) is 16.8. The zero-order valence-corrected chi connectivity index (χ0v) is 13.9. The molecule has 2 aliphatic carbocycles. The highest BCUT2D eigenvalue weighted by Gasteiger charge is 2.28. The molecule has 5 rings (SSSR count). The lowest BCUT2D eigenvalue weighted by Gasteiger charge is -2.10. The van der Waals surface area contributed by atoms with Crippen molar-refractivity contribution in [2.24, 2.45) is 0 Å². The van der Waals surface area contributed by atoms with Gasteiger partial charge in [-0.15, -0.1) is 10.2 Å². The molecule has 1 amide bonds. The quantitative estimate of drug-likeness (QED) is 0.779. The van der Waals surface area contributed by atoms with E-state index in [-0.39, 0.29) is 5.91 Å². The fraction of sp³-hybridized carbons (Fsp3) is 0.368. The minimum atomic E-state index is -0.0779. The van der Waals surface area contributed by atoms with Gasteiger partial charge in [0.05, 0.1) is 17.6 Å². The van der Waals surface area contributed by atoms with Gasteiger partial charge in [0.2, 0.25) is 0 Å². The van der Waals surface area contributed by atoms with Gasteiger partial charge in [0.1, 0.15) is 6.33 Å². The third-order valence-corrected chi connectivity index (χ3v) is 4.97. The molecule has 0 atom stereocenters. The summed E-state index contributed by atoms with van der Waals surface area (Å²) in [5.74, 6) is 1.25. The number of pyridine rings is 1. The van der Waals surface area contributed by atoms with Crippen molar-refractivity contribution in [1.29, 1.82) is 0 Å². The number of nitrogens with zero attached hydrogens (tertiary/aromatic N) is 4. The highest BCUT2D eigenvalue weighted by molar-refractivity contribution is 6.06. The predicted molar refractivity (Wildman–Crippen MR) is 93.2 cm³/mol. The van der Waals surface area contributed by atoms with E-state index in [1.54, 1.807) is 6.33 Å². The first-order chi connectivity index (χ1) is 12.3. The van der Waals surface area contributed by atoms with Gasteiger partial charge in [-0.2, -0.15) is 0 Å². The maximum Gasteiger partial charge on any atom is 0.252 e. The predicted octanol–water partition coefficient (Wildman–Crippen LogP) is 2.97. The van der Waals surface area contributed by atoms with E-state index in [4.69, 9.17) is 4.98 Å². The maximum atomic E-state index is 12.8. The Morgan fingerprint density at radius 2 is 2.04 bits per heavy atom. The summed E-state index contributed by atoms with van der Waals surface area (Å²) < 4.78 is 2.07. The molecular formula is C19H19N5O. The van der Waals surface area contributed by atoms with Crippen LogP contribution < -0.4 is 5.32 Å².